The molecule has 0 aromatic heterocycles. The van der Waals surface area contributed by atoms with E-state index < -0.39 is 11.6 Å². The maximum absolute atomic E-state index is 13.0. The van der Waals surface area contributed by atoms with Crippen molar-refractivity contribution >= 4 is 0 Å². The molecule has 1 aromatic rings. The standard InChI is InChI=1S/C15H21F2N/c16-14-8-7-12(11-15(14)17)9-10-18-13-5-3-1-2-4-6-13/h7-8,11,13,18H,1-6,9-10H2. The van der Waals surface area contributed by atoms with E-state index in [-0.39, 0.29) is 0 Å². The van der Waals surface area contributed by atoms with Crippen molar-refractivity contribution in [3.63, 3.8) is 0 Å². The van der Waals surface area contributed by atoms with Gasteiger partial charge in [-0.15, -0.1) is 0 Å². The van der Waals surface area contributed by atoms with Crippen LogP contribution in [0.25, 0.3) is 0 Å². The van der Waals surface area contributed by atoms with Crippen LogP contribution in [-0.2, 0) is 6.42 Å². The monoisotopic (exact) mass is 253 g/mol. The maximum Gasteiger partial charge on any atom is 0.159 e. The van der Waals surface area contributed by atoms with Crippen molar-refractivity contribution in [1.82, 2.24) is 5.32 Å². The number of nitrogens with one attached hydrogen (secondary N) is 1. The van der Waals surface area contributed by atoms with Crippen LogP contribution < -0.4 is 5.32 Å². The van der Waals surface area contributed by atoms with Crippen LogP contribution in [0.5, 0.6) is 0 Å². The fourth-order valence-electron chi connectivity index (χ4n) is 2.60. The zero-order valence-electron chi connectivity index (χ0n) is 10.7. The molecule has 0 heterocycles. The van der Waals surface area contributed by atoms with Gasteiger partial charge < -0.3 is 5.32 Å². The third kappa shape index (κ3) is 4.05. The highest BCUT2D eigenvalue weighted by molar-refractivity contribution is 5.18. The molecule has 2 rings (SSSR count). The Morgan fingerprint density at radius 3 is 2.39 bits per heavy atom. The Morgan fingerprint density at radius 2 is 1.72 bits per heavy atom. The normalized spacial score (nSPS) is 17.7. The lowest BCUT2D eigenvalue weighted by Crippen LogP contribution is -2.30. The van der Waals surface area contributed by atoms with Crippen molar-refractivity contribution in [1.29, 1.82) is 0 Å². The molecule has 1 saturated carbocycles. The van der Waals surface area contributed by atoms with Gasteiger partial charge in [0.1, 0.15) is 0 Å². The Labute approximate surface area is 108 Å². The summed E-state index contributed by atoms with van der Waals surface area (Å²) in [5, 5.41) is 3.53. The second-order valence-electron chi connectivity index (χ2n) is 5.14. The van der Waals surface area contributed by atoms with Crippen LogP contribution in [0, 0.1) is 11.6 Å². The lowest BCUT2D eigenvalue weighted by Gasteiger charge is -2.16. The molecule has 0 amide bonds. The van der Waals surface area contributed by atoms with Crippen LogP contribution in [0.2, 0.25) is 0 Å². The van der Waals surface area contributed by atoms with Crippen LogP contribution in [0.4, 0.5) is 8.78 Å². The van der Waals surface area contributed by atoms with E-state index in [1.165, 1.54) is 50.7 Å². The van der Waals surface area contributed by atoms with Crippen molar-refractivity contribution in [3.05, 3.63) is 35.4 Å². The summed E-state index contributed by atoms with van der Waals surface area (Å²) in [5.74, 6) is -1.52. The molecule has 1 fully saturated rings. The average molecular weight is 253 g/mol. The number of rotatable bonds is 4. The van der Waals surface area contributed by atoms with Gasteiger partial charge >= 0.3 is 0 Å². The Kier molecular flexibility index (Phi) is 5.12. The SMILES string of the molecule is Fc1ccc(CCNC2CCCCCC2)cc1F. The van der Waals surface area contributed by atoms with Gasteiger partial charge in [-0.2, -0.15) is 0 Å². The first kappa shape index (κ1) is 13.5. The first-order valence-corrected chi connectivity index (χ1v) is 6.93. The van der Waals surface area contributed by atoms with Crippen molar-refractivity contribution in [2.75, 3.05) is 6.54 Å². The molecule has 1 aliphatic carbocycles. The van der Waals surface area contributed by atoms with Gasteiger partial charge in [-0.1, -0.05) is 31.7 Å². The summed E-state index contributed by atoms with van der Waals surface area (Å²) in [6.07, 6.45) is 8.57. The molecule has 0 unspecified atom stereocenters. The first-order chi connectivity index (χ1) is 8.75. The lowest BCUT2D eigenvalue weighted by atomic mass is 10.1. The lowest BCUT2D eigenvalue weighted by molar-refractivity contribution is 0.462. The molecule has 0 atom stereocenters. The molecule has 3 heteroatoms. The highest BCUT2D eigenvalue weighted by Gasteiger charge is 2.11. The molecule has 1 N–H and O–H groups in total. The van der Waals surface area contributed by atoms with E-state index in [1.54, 1.807) is 6.07 Å². The Balaban J connectivity index is 1.75. The van der Waals surface area contributed by atoms with E-state index in [9.17, 15) is 8.78 Å². The summed E-state index contributed by atoms with van der Waals surface area (Å²) < 4.78 is 25.8. The fraction of sp³-hybridized carbons (Fsp3) is 0.600. The summed E-state index contributed by atoms with van der Waals surface area (Å²) in [4.78, 5) is 0. The van der Waals surface area contributed by atoms with Gasteiger partial charge in [0.05, 0.1) is 0 Å². The second-order valence-corrected chi connectivity index (χ2v) is 5.14. The summed E-state index contributed by atoms with van der Waals surface area (Å²) >= 11 is 0. The minimum absolute atomic E-state index is 0.609. The van der Waals surface area contributed by atoms with Crippen LogP contribution in [0.15, 0.2) is 18.2 Å². The summed E-state index contributed by atoms with van der Waals surface area (Å²) in [6, 6.07) is 4.77. The minimum atomic E-state index is -0.768. The molecule has 0 spiro atoms. The molecule has 100 valence electrons. The van der Waals surface area contributed by atoms with Crippen molar-refractivity contribution in [2.45, 2.75) is 51.0 Å². The molecule has 0 bridgehead atoms. The van der Waals surface area contributed by atoms with Gasteiger partial charge in [0.25, 0.3) is 0 Å². The Bertz CT molecular complexity index is 371. The largest absolute Gasteiger partial charge is 0.314 e. The molecule has 18 heavy (non-hydrogen) atoms. The van der Waals surface area contributed by atoms with Crippen molar-refractivity contribution in [3.8, 4) is 0 Å². The molecule has 0 radical (unpaired) electrons. The third-order valence-electron chi connectivity index (χ3n) is 3.69. The zero-order valence-corrected chi connectivity index (χ0v) is 10.7. The quantitative estimate of drug-likeness (QED) is 0.804. The molecule has 0 saturated heterocycles. The van der Waals surface area contributed by atoms with Crippen LogP contribution in [0.1, 0.15) is 44.1 Å². The van der Waals surface area contributed by atoms with Gasteiger partial charge in [0.15, 0.2) is 11.6 Å². The summed E-state index contributed by atoms with van der Waals surface area (Å²) in [5.41, 5.74) is 0.857. The van der Waals surface area contributed by atoms with Crippen molar-refractivity contribution in [2.24, 2.45) is 0 Å². The molecule has 0 aliphatic heterocycles. The summed E-state index contributed by atoms with van der Waals surface area (Å²) in [7, 11) is 0. The molecule has 1 aromatic carbocycles. The first-order valence-electron chi connectivity index (χ1n) is 6.93. The smallest absolute Gasteiger partial charge is 0.159 e. The van der Waals surface area contributed by atoms with Crippen molar-refractivity contribution < 1.29 is 8.78 Å². The van der Waals surface area contributed by atoms with Gasteiger partial charge in [-0.25, -0.2) is 8.78 Å². The number of hydrogen-bond donors (Lipinski definition) is 1. The Hall–Kier alpha value is -0.960. The van der Waals surface area contributed by atoms with E-state index >= 15 is 0 Å². The van der Waals surface area contributed by atoms with E-state index in [0.29, 0.717) is 6.04 Å². The highest BCUT2D eigenvalue weighted by Crippen LogP contribution is 2.17. The van der Waals surface area contributed by atoms with E-state index in [0.717, 1.165) is 18.5 Å². The predicted octanol–water partition coefficient (Wildman–Crippen LogP) is 3.82. The third-order valence-corrected chi connectivity index (χ3v) is 3.69. The number of halogens is 2. The molecular formula is C15H21F2N. The van der Waals surface area contributed by atoms with Crippen LogP contribution >= 0.6 is 0 Å². The van der Waals surface area contributed by atoms with Gasteiger partial charge in [0.2, 0.25) is 0 Å². The predicted molar refractivity (Wildman–Crippen MR) is 69.6 cm³/mol. The second kappa shape index (κ2) is 6.83. The molecule has 1 aliphatic rings. The average Bonchev–Trinajstić information content (AvgIpc) is 2.62. The minimum Gasteiger partial charge on any atom is -0.314 e. The molecular weight excluding hydrogens is 232 g/mol. The zero-order chi connectivity index (χ0) is 12.8. The van der Waals surface area contributed by atoms with Crippen LogP contribution in [0.3, 0.4) is 0 Å². The fourth-order valence-corrected chi connectivity index (χ4v) is 2.60. The topological polar surface area (TPSA) is 12.0 Å². The van der Waals surface area contributed by atoms with E-state index in [1.807, 2.05) is 0 Å². The maximum atomic E-state index is 13.0. The Morgan fingerprint density at radius 1 is 1.00 bits per heavy atom. The van der Waals surface area contributed by atoms with Gasteiger partial charge in [0, 0.05) is 6.04 Å². The number of benzene rings is 1. The van der Waals surface area contributed by atoms with Gasteiger partial charge in [-0.05, 0) is 43.5 Å². The number of hydrogen-bond acceptors (Lipinski definition) is 1. The highest BCUT2D eigenvalue weighted by atomic mass is 19.2. The van der Waals surface area contributed by atoms with Gasteiger partial charge in [-0.3, -0.25) is 0 Å². The summed E-state index contributed by atoms with van der Waals surface area (Å²) in [6.45, 7) is 0.843. The van der Waals surface area contributed by atoms with E-state index in [2.05, 4.69) is 5.32 Å². The van der Waals surface area contributed by atoms with E-state index in [4.69, 9.17) is 0 Å². The molecule has 1 nitrogen and oxygen atoms in total. The van der Waals surface area contributed by atoms with Crippen LogP contribution in [-0.4, -0.2) is 12.6 Å².